The van der Waals surface area contributed by atoms with Crippen LogP contribution in [0, 0.1) is 0 Å². The highest BCUT2D eigenvalue weighted by Crippen LogP contribution is 2.22. The molecule has 3 aromatic rings. The first-order chi connectivity index (χ1) is 12.3. The zero-order valence-corrected chi connectivity index (χ0v) is 14.1. The van der Waals surface area contributed by atoms with E-state index < -0.39 is 0 Å². The molecule has 0 bridgehead atoms. The highest BCUT2D eigenvalue weighted by molar-refractivity contribution is 5.95. The molecular formula is C19H19N5O. The van der Waals surface area contributed by atoms with Crippen LogP contribution in [0.5, 0.6) is 0 Å². The lowest BCUT2D eigenvalue weighted by molar-refractivity contribution is 0.0735. The van der Waals surface area contributed by atoms with Gasteiger partial charge in [0.2, 0.25) is 0 Å². The molecule has 1 aliphatic rings. The normalized spacial score (nSPS) is 13.6. The van der Waals surface area contributed by atoms with Gasteiger partial charge in [0, 0.05) is 30.8 Å². The van der Waals surface area contributed by atoms with E-state index in [1.165, 1.54) is 11.1 Å². The lowest BCUT2D eigenvalue weighted by atomic mass is 9.99. The molecule has 1 aliphatic heterocycles. The van der Waals surface area contributed by atoms with Crippen LogP contribution < -0.4 is 0 Å². The summed E-state index contributed by atoms with van der Waals surface area (Å²) in [7, 11) is 0. The number of rotatable bonds is 3. The summed E-state index contributed by atoms with van der Waals surface area (Å²) in [6.07, 6.45) is 0.898. The van der Waals surface area contributed by atoms with Gasteiger partial charge < -0.3 is 4.90 Å². The standard InChI is InChI=1S/C19H19N5O/c1-2-24-18(20-21-22-24)15-8-5-9-16(12-15)19(25)23-11-10-14-6-3-4-7-17(14)13-23/h3-9,12H,2,10-11,13H2,1H3. The van der Waals surface area contributed by atoms with E-state index in [2.05, 4.69) is 33.7 Å². The molecule has 0 aliphatic carbocycles. The van der Waals surface area contributed by atoms with E-state index in [9.17, 15) is 4.79 Å². The van der Waals surface area contributed by atoms with E-state index in [1.807, 2.05) is 42.2 Å². The van der Waals surface area contributed by atoms with Crippen LogP contribution in [0.15, 0.2) is 48.5 Å². The van der Waals surface area contributed by atoms with Gasteiger partial charge in [-0.3, -0.25) is 4.79 Å². The van der Waals surface area contributed by atoms with Gasteiger partial charge in [0.1, 0.15) is 0 Å². The monoisotopic (exact) mass is 333 g/mol. The Morgan fingerprint density at radius 3 is 2.80 bits per heavy atom. The van der Waals surface area contributed by atoms with E-state index in [-0.39, 0.29) is 5.91 Å². The maximum atomic E-state index is 13.0. The van der Waals surface area contributed by atoms with Crippen molar-refractivity contribution in [3.63, 3.8) is 0 Å². The van der Waals surface area contributed by atoms with E-state index in [1.54, 1.807) is 4.68 Å². The number of hydrogen-bond acceptors (Lipinski definition) is 4. The van der Waals surface area contributed by atoms with Gasteiger partial charge in [0.15, 0.2) is 5.82 Å². The van der Waals surface area contributed by atoms with Crippen molar-refractivity contribution in [2.24, 2.45) is 0 Å². The lowest BCUT2D eigenvalue weighted by Gasteiger charge is -2.29. The summed E-state index contributed by atoms with van der Waals surface area (Å²) in [6, 6.07) is 15.9. The highest BCUT2D eigenvalue weighted by Gasteiger charge is 2.22. The first-order valence-corrected chi connectivity index (χ1v) is 8.49. The summed E-state index contributed by atoms with van der Waals surface area (Å²) < 4.78 is 1.72. The summed E-state index contributed by atoms with van der Waals surface area (Å²) in [6.45, 7) is 4.07. The van der Waals surface area contributed by atoms with Crippen molar-refractivity contribution in [3.8, 4) is 11.4 Å². The quantitative estimate of drug-likeness (QED) is 0.739. The van der Waals surface area contributed by atoms with Crippen LogP contribution in [0.3, 0.4) is 0 Å². The van der Waals surface area contributed by atoms with Crippen LogP contribution in [-0.4, -0.2) is 37.6 Å². The van der Waals surface area contributed by atoms with Crippen LogP contribution in [0.2, 0.25) is 0 Å². The largest absolute Gasteiger partial charge is 0.334 e. The van der Waals surface area contributed by atoms with E-state index in [0.29, 0.717) is 24.5 Å². The fourth-order valence-electron chi connectivity index (χ4n) is 3.27. The van der Waals surface area contributed by atoms with Gasteiger partial charge in [-0.05, 0) is 47.0 Å². The van der Waals surface area contributed by atoms with Gasteiger partial charge in [-0.15, -0.1) is 5.10 Å². The first kappa shape index (κ1) is 15.5. The molecule has 25 heavy (non-hydrogen) atoms. The highest BCUT2D eigenvalue weighted by atomic mass is 16.2. The number of carbonyl (C=O) groups excluding carboxylic acids is 1. The van der Waals surface area contributed by atoms with Crippen LogP contribution >= 0.6 is 0 Å². The van der Waals surface area contributed by atoms with Gasteiger partial charge in [-0.1, -0.05) is 36.4 Å². The Morgan fingerprint density at radius 2 is 1.96 bits per heavy atom. The predicted molar refractivity (Wildman–Crippen MR) is 93.8 cm³/mol. The molecule has 2 aromatic carbocycles. The molecule has 0 atom stereocenters. The number of aryl methyl sites for hydroxylation is 1. The third-order valence-electron chi connectivity index (χ3n) is 4.62. The summed E-state index contributed by atoms with van der Waals surface area (Å²) in [5.41, 5.74) is 4.09. The molecule has 6 nitrogen and oxygen atoms in total. The molecule has 4 rings (SSSR count). The Hall–Kier alpha value is -3.02. The van der Waals surface area contributed by atoms with Gasteiger partial charge in [0.25, 0.3) is 5.91 Å². The van der Waals surface area contributed by atoms with Crippen molar-refractivity contribution in [3.05, 3.63) is 65.2 Å². The zero-order valence-electron chi connectivity index (χ0n) is 14.1. The molecule has 0 saturated carbocycles. The lowest BCUT2D eigenvalue weighted by Crippen LogP contribution is -2.35. The Morgan fingerprint density at radius 1 is 1.12 bits per heavy atom. The van der Waals surface area contributed by atoms with Gasteiger partial charge in [-0.25, -0.2) is 4.68 Å². The number of tetrazole rings is 1. The van der Waals surface area contributed by atoms with E-state index in [4.69, 9.17) is 0 Å². The number of carbonyl (C=O) groups is 1. The Labute approximate surface area is 146 Å². The average molecular weight is 333 g/mol. The van der Waals surface area contributed by atoms with Crippen LogP contribution in [-0.2, 0) is 19.5 Å². The second-order valence-corrected chi connectivity index (χ2v) is 6.14. The zero-order chi connectivity index (χ0) is 17.2. The molecule has 126 valence electrons. The molecule has 6 heteroatoms. The van der Waals surface area contributed by atoms with Crippen molar-refractivity contribution >= 4 is 5.91 Å². The number of fused-ring (bicyclic) bond motifs is 1. The Bertz CT molecular complexity index is 917. The van der Waals surface area contributed by atoms with Crippen molar-refractivity contribution in [1.82, 2.24) is 25.1 Å². The molecule has 0 spiro atoms. The number of nitrogens with zero attached hydrogens (tertiary/aromatic N) is 5. The topological polar surface area (TPSA) is 63.9 Å². The van der Waals surface area contributed by atoms with E-state index >= 15 is 0 Å². The molecular weight excluding hydrogens is 314 g/mol. The number of aromatic nitrogens is 4. The minimum Gasteiger partial charge on any atom is -0.334 e. The molecule has 0 unspecified atom stereocenters. The molecule has 2 heterocycles. The summed E-state index contributed by atoms with van der Waals surface area (Å²) >= 11 is 0. The second-order valence-electron chi connectivity index (χ2n) is 6.14. The third-order valence-corrected chi connectivity index (χ3v) is 4.62. The summed E-state index contributed by atoms with van der Waals surface area (Å²) in [5, 5.41) is 11.8. The molecule has 0 radical (unpaired) electrons. The first-order valence-electron chi connectivity index (χ1n) is 8.49. The van der Waals surface area contributed by atoms with Crippen LogP contribution in [0.25, 0.3) is 11.4 Å². The number of amides is 1. The van der Waals surface area contributed by atoms with Crippen LogP contribution in [0.4, 0.5) is 0 Å². The number of hydrogen-bond donors (Lipinski definition) is 0. The predicted octanol–water partition coefficient (Wildman–Crippen LogP) is 2.56. The summed E-state index contributed by atoms with van der Waals surface area (Å²) in [4.78, 5) is 14.9. The second kappa shape index (κ2) is 6.47. The number of benzene rings is 2. The third kappa shape index (κ3) is 2.91. The van der Waals surface area contributed by atoms with Gasteiger partial charge in [-0.2, -0.15) is 0 Å². The van der Waals surface area contributed by atoms with Crippen molar-refractivity contribution in [2.45, 2.75) is 26.4 Å². The fraction of sp³-hybridized carbons (Fsp3) is 0.263. The molecule has 0 saturated heterocycles. The molecule has 0 fully saturated rings. The van der Waals surface area contributed by atoms with Gasteiger partial charge in [0.05, 0.1) is 0 Å². The Kier molecular flexibility index (Phi) is 4.01. The average Bonchev–Trinajstić information content (AvgIpc) is 3.16. The maximum absolute atomic E-state index is 13.0. The minimum absolute atomic E-state index is 0.0480. The van der Waals surface area contributed by atoms with Crippen molar-refractivity contribution < 1.29 is 4.79 Å². The van der Waals surface area contributed by atoms with Crippen molar-refractivity contribution in [1.29, 1.82) is 0 Å². The molecule has 1 aromatic heterocycles. The molecule has 1 amide bonds. The maximum Gasteiger partial charge on any atom is 0.254 e. The van der Waals surface area contributed by atoms with E-state index in [0.717, 1.165) is 18.5 Å². The SMILES string of the molecule is CCn1nnnc1-c1cccc(C(=O)N2CCc3ccccc3C2)c1. The smallest absolute Gasteiger partial charge is 0.254 e. The fourth-order valence-corrected chi connectivity index (χ4v) is 3.27. The van der Waals surface area contributed by atoms with Crippen molar-refractivity contribution in [2.75, 3.05) is 6.54 Å². The molecule has 0 N–H and O–H groups in total. The Balaban J connectivity index is 1.60. The minimum atomic E-state index is 0.0480. The van der Waals surface area contributed by atoms with Gasteiger partial charge >= 0.3 is 0 Å². The van der Waals surface area contributed by atoms with Crippen LogP contribution in [0.1, 0.15) is 28.4 Å². The summed E-state index contributed by atoms with van der Waals surface area (Å²) in [5.74, 6) is 0.730.